The molecule has 1 rings (SSSR count). The van der Waals surface area contributed by atoms with Gasteiger partial charge in [-0.2, -0.15) is 0 Å². The van der Waals surface area contributed by atoms with Gasteiger partial charge in [-0.15, -0.1) is 0 Å². The van der Waals surface area contributed by atoms with Crippen molar-refractivity contribution in [1.29, 1.82) is 0 Å². The zero-order valence-corrected chi connectivity index (χ0v) is 12.0. The highest BCUT2D eigenvalue weighted by molar-refractivity contribution is 5.44. The van der Waals surface area contributed by atoms with Crippen molar-refractivity contribution in [3.05, 3.63) is 23.8 Å². The maximum absolute atomic E-state index is 5.37. The molecule has 1 aromatic rings. The summed E-state index contributed by atoms with van der Waals surface area (Å²) in [7, 11) is 7.51. The Morgan fingerprint density at radius 1 is 1.17 bits per heavy atom. The van der Waals surface area contributed by atoms with Crippen molar-refractivity contribution in [3.63, 3.8) is 0 Å². The van der Waals surface area contributed by atoms with Gasteiger partial charge in [0.2, 0.25) is 0 Å². The predicted octanol–water partition coefficient (Wildman–Crippen LogP) is 1.74. The molecule has 102 valence electrons. The Morgan fingerprint density at radius 3 is 2.17 bits per heavy atom. The molecular formula is C14H24N2O2. The van der Waals surface area contributed by atoms with E-state index in [1.165, 1.54) is 0 Å². The van der Waals surface area contributed by atoms with E-state index in [0.717, 1.165) is 30.2 Å². The molecule has 4 nitrogen and oxygen atoms in total. The second kappa shape index (κ2) is 7.24. The van der Waals surface area contributed by atoms with Gasteiger partial charge in [0, 0.05) is 24.7 Å². The van der Waals surface area contributed by atoms with Gasteiger partial charge in [0.1, 0.15) is 11.5 Å². The SMILES string of the molecule is COc1cccc(OC)c1CNC(C)CN(C)C. The zero-order chi connectivity index (χ0) is 13.5. The van der Waals surface area contributed by atoms with Crippen molar-refractivity contribution < 1.29 is 9.47 Å². The van der Waals surface area contributed by atoms with Crippen LogP contribution >= 0.6 is 0 Å². The summed E-state index contributed by atoms with van der Waals surface area (Å²) in [5.41, 5.74) is 1.06. The Labute approximate surface area is 110 Å². The smallest absolute Gasteiger partial charge is 0.127 e. The monoisotopic (exact) mass is 252 g/mol. The maximum Gasteiger partial charge on any atom is 0.127 e. The first-order chi connectivity index (χ1) is 8.58. The molecule has 0 aliphatic carbocycles. The molecule has 1 aromatic carbocycles. The topological polar surface area (TPSA) is 33.7 Å². The first-order valence-corrected chi connectivity index (χ1v) is 6.16. The van der Waals surface area contributed by atoms with E-state index in [9.17, 15) is 0 Å². The summed E-state index contributed by atoms with van der Waals surface area (Å²) in [6.45, 7) is 3.90. The van der Waals surface area contributed by atoms with Crippen molar-refractivity contribution in [3.8, 4) is 11.5 Å². The third-order valence-corrected chi connectivity index (χ3v) is 2.80. The minimum absolute atomic E-state index is 0.412. The lowest BCUT2D eigenvalue weighted by atomic mass is 10.1. The summed E-state index contributed by atoms with van der Waals surface area (Å²) in [6.07, 6.45) is 0. The normalized spacial score (nSPS) is 12.6. The number of ether oxygens (including phenoxy) is 2. The third-order valence-electron chi connectivity index (χ3n) is 2.80. The minimum Gasteiger partial charge on any atom is -0.496 e. The van der Waals surface area contributed by atoms with Crippen molar-refractivity contribution >= 4 is 0 Å². The molecule has 0 aromatic heterocycles. The summed E-state index contributed by atoms with van der Waals surface area (Å²) in [6, 6.07) is 6.26. The predicted molar refractivity (Wildman–Crippen MR) is 74.4 cm³/mol. The molecule has 0 fully saturated rings. The quantitative estimate of drug-likeness (QED) is 0.801. The minimum atomic E-state index is 0.412. The second-order valence-corrected chi connectivity index (χ2v) is 4.69. The number of benzene rings is 1. The van der Waals surface area contributed by atoms with E-state index in [0.29, 0.717) is 6.04 Å². The van der Waals surface area contributed by atoms with Crippen LogP contribution in [0.25, 0.3) is 0 Å². The lowest BCUT2D eigenvalue weighted by molar-refractivity contribution is 0.342. The van der Waals surface area contributed by atoms with Gasteiger partial charge in [-0.1, -0.05) is 6.07 Å². The molecule has 18 heavy (non-hydrogen) atoms. The number of nitrogens with one attached hydrogen (secondary N) is 1. The van der Waals surface area contributed by atoms with Crippen LogP contribution in [-0.2, 0) is 6.54 Å². The highest BCUT2D eigenvalue weighted by atomic mass is 16.5. The molecule has 0 saturated carbocycles. The van der Waals surface area contributed by atoms with Crippen LogP contribution in [0, 0.1) is 0 Å². The van der Waals surface area contributed by atoms with Gasteiger partial charge in [-0.25, -0.2) is 0 Å². The fraction of sp³-hybridized carbons (Fsp3) is 0.571. The van der Waals surface area contributed by atoms with Crippen molar-refractivity contribution in [2.75, 3.05) is 34.9 Å². The molecule has 0 amide bonds. The Morgan fingerprint density at radius 2 is 1.72 bits per heavy atom. The highest BCUT2D eigenvalue weighted by Crippen LogP contribution is 2.27. The van der Waals surface area contributed by atoms with Crippen LogP contribution in [-0.4, -0.2) is 45.8 Å². The molecule has 0 bridgehead atoms. The molecule has 0 spiro atoms. The van der Waals surface area contributed by atoms with Crippen LogP contribution in [0.2, 0.25) is 0 Å². The number of likely N-dealkylation sites (N-methyl/N-ethyl adjacent to an activating group) is 1. The van der Waals surface area contributed by atoms with Crippen LogP contribution in [0.1, 0.15) is 12.5 Å². The zero-order valence-electron chi connectivity index (χ0n) is 12.0. The molecule has 4 heteroatoms. The average Bonchev–Trinajstić information content (AvgIpc) is 2.34. The summed E-state index contributed by atoms with van der Waals surface area (Å²) >= 11 is 0. The van der Waals surface area contributed by atoms with Gasteiger partial charge >= 0.3 is 0 Å². The van der Waals surface area contributed by atoms with Crippen molar-refractivity contribution in [2.24, 2.45) is 0 Å². The first-order valence-electron chi connectivity index (χ1n) is 6.16. The van der Waals surface area contributed by atoms with Crippen LogP contribution < -0.4 is 14.8 Å². The molecular weight excluding hydrogens is 228 g/mol. The van der Waals surface area contributed by atoms with Gasteiger partial charge in [0.05, 0.1) is 14.2 Å². The second-order valence-electron chi connectivity index (χ2n) is 4.69. The molecule has 1 unspecified atom stereocenters. The van der Waals surface area contributed by atoms with Crippen molar-refractivity contribution in [1.82, 2.24) is 10.2 Å². The van der Waals surface area contributed by atoms with Crippen LogP contribution in [0.5, 0.6) is 11.5 Å². The van der Waals surface area contributed by atoms with E-state index in [-0.39, 0.29) is 0 Å². The molecule has 0 saturated heterocycles. The number of hydrogen-bond donors (Lipinski definition) is 1. The molecule has 0 radical (unpaired) electrons. The van der Waals surface area contributed by atoms with Crippen molar-refractivity contribution in [2.45, 2.75) is 19.5 Å². The summed E-state index contributed by atoms with van der Waals surface area (Å²) in [4.78, 5) is 2.16. The first kappa shape index (κ1) is 14.8. The number of hydrogen-bond acceptors (Lipinski definition) is 4. The molecule has 0 aliphatic rings. The highest BCUT2D eigenvalue weighted by Gasteiger charge is 2.11. The number of rotatable bonds is 7. The van der Waals surface area contributed by atoms with E-state index < -0.39 is 0 Å². The standard InChI is InChI=1S/C14H24N2O2/c1-11(10-16(2)3)15-9-12-13(17-4)7-6-8-14(12)18-5/h6-8,11,15H,9-10H2,1-5H3. The van der Waals surface area contributed by atoms with Crippen LogP contribution in [0.15, 0.2) is 18.2 Å². The Bertz CT molecular complexity index is 345. The van der Waals surface area contributed by atoms with Gasteiger partial charge in [0.15, 0.2) is 0 Å². The van der Waals surface area contributed by atoms with E-state index in [1.807, 2.05) is 18.2 Å². The fourth-order valence-electron chi connectivity index (χ4n) is 1.99. The largest absolute Gasteiger partial charge is 0.496 e. The Balaban J connectivity index is 2.70. The van der Waals surface area contributed by atoms with Gasteiger partial charge in [0.25, 0.3) is 0 Å². The van der Waals surface area contributed by atoms with Crippen LogP contribution in [0.4, 0.5) is 0 Å². The van der Waals surface area contributed by atoms with E-state index in [2.05, 4.69) is 31.2 Å². The van der Waals surface area contributed by atoms with Gasteiger partial charge < -0.3 is 19.7 Å². The average molecular weight is 252 g/mol. The summed E-state index contributed by atoms with van der Waals surface area (Å²) < 4.78 is 10.7. The van der Waals surface area contributed by atoms with E-state index in [1.54, 1.807) is 14.2 Å². The summed E-state index contributed by atoms with van der Waals surface area (Å²) in [5.74, 6) is 1.72. The van der Waals surface area contributed by atoms with E-state index >= 15 is 0 Å². The molecule has 1 atom stereocenters. The summed E-state index contributed by atoms with van der Waals surface area (Å²) in [5, 5.41) is 3.48. The Hall–Kier alpha value is -1.26. The van der Waals surface area contributed by atoms with Crippen LogP contribution in [0.3, 0.4) is 0 Å². The fourth-order valence-corrected chi connectivity index (χ4v) is 1.99. The molecule has 1 N–H and O–H groups in total. The lowest BCUT2D eigenvalue weighted by Gasteiger charge is -2.20. The maximum atomic E-state index is 5.37. The molecule has 0 heterocycles. The number of nitrogens with zero attached hydrogens (tertiary/aromatic N) is 1. The van der Waals surface area contributed by atoms with Gasteiger partial charge in [-0.05, 0) is 33.2 Å². The number of methoxy groups -OCH3 is 2. The molecule has 0 aliphatic heterocycles. The third kappa shape index (κ3) is 4.20. The van der Waals surface area contributed by atoms with Gasteiger partial charge in [-0.3, -0.25) is 0 Å². The van der Waals surface area contributed by atoms with E-state index in [4.69, 9.17) is 9.47 Å². The lowest BCUT2D eigenvalue weighted by Crippen LogP contribution is -2.35. The Kier molecular flexibility index (Phi) is 5.95.